The van der Waals surface area contributed by atoms with Gasteiger partial charge in [-0.25, -0.2) is 0 Å². The van der Waals surface area contributed by atoms with Gasteiger partial charge >= 0.3 is 0 Å². The summed E-state index contributed by atoms with van der Waals surface area (Å²) < 4.78 is 0. The Hall–Kier alpha value is -0.530. The van der Waals surface area contributed by atoms with E-state index in [1.165, 1.54) is 32.1 Å². The van der Waals surface area contributed by atoms with Gasteiger partial charge in [0.25, 0.3) is 0 Å². The summed E-state index contributed by atoms with van der Waals surface area (Å²) in [5, 5.41) is 0. The third kappa shape index (κ3) is 2.23. The molecule has 2 N–H and O–H groups in total. The van der Waals surface area contributed by atoms with Crippen molar-refractivity contribution in [2.75, 3.05) is 6.54 Å². The zero-order chi connectivity index (χ0) is 9.03. The monoisotopic (exact) mass is 168 g/mol. The summed E-state index contributed by atoms with van der Waals surface area (Å²) in [6, 6.07) is 0. The molecule has 70 valence electrons. The fraction of sp³-hybridized carbons (Fsp3) is 0.900. The highest BCUT2D eigenvalue weighted by atomic mass is 14.9. The molecule has 0 aliphatic heterocycles. The normalized spacial score (nSPS) is 23.0. The topological polar surface area (TPSA) is 38.4 Å². The van der Waals surface area contributed by atoms with Gasteiger partial charge in [0.2, 0.25) is 0 Å². The van der Waals surface area contributed by atoms with Gasteiger partial charge in [-0.1, -0.05) is 19.8 Å². The van der Waals surface area contributed by atoms with Crippen LogP contribution in [0.5, 0.6) is 0 Å². The Bertz CT molecular complexity index is 163. The third-order valence-electron chi connectivity index (χ3n) is 3.08. The first-order valence-corrected chi connectivity index (χ1v) is 4.95. The van der Waals surface area contributed by atoms with Crippen LogP contribution in [0.1, 0.15) is 46.0 Å². The van der Waals surface area contributed by atoms with Gasteiger partial charge in [0.15, 0.2) is 0 Å². The Morgan fingerprint density at radius 1 is 1.42 bits per heavy atom. The molecule has 2 nitrogen and oxygen atoms in total. The first kappa shape index (κ1) is 9.56. The highest BCUT2D eigenvalue weighted by molar-refractivity contribution is 5.77. The lowest BCUT2D eigenvalue weighted by Crippen LogP contribution is -2.21. The Balaban J connectivity index is 2.50. The van der Waals surface area contributed by atoms with Crippen LogP contribution in [0.15, 0.2) is 4.99 Å². The second-order valence-electron chi connectivity index (χ2n) is 4.02. The fourth-order valence-electron chi connectivity index (χ4n) is 2.04. The van der Waals surface area contributed by atoms with Crippen molar-refractivity contribution < 1.29 is 0 Å². The molecule has 0 radical (unpaired) electrons. The lowest BCUT2D eigenvalue weighted by Gasteiger charge is -2.24. The average Bonchev–Trinajstić information content (AvgIpc) is 2.50. The van der Waals surface area contributed by atoms with Crippen molar-refractivity contribution in [2.45, 2.75) is 46.0 Å². The van der Waals surface area contributed by atoms with E-state index in [1.54, 1.807) is 0 Å². The number of hydrogen-bond donors (Lipinski definition) is 1. The molecule has 0 unspecified atom stereocenters. The molecule has 0 amide bonds. The molecule has 12 heavy (non-hydrogen) atoms. The highest BCUT2D eigenvalue weighted by Gasteiger charge is 2.31. The van der Waals surface area contributed by atoms with Crippen molar-refractivity contribution in [3.05, 3.63) is 0 Å². The second-order valence-corrected chi connectivity index (χ2v) is 4.02. The molecule has 0 saturated heterocycles. The molecule has 0 spiro atoms. The summed E-state index contributed by atoms with van der Waals surface area (Å²) in [6.07, 6.45) is 6.71. The molecule has 1 saturated carbocycles. The largest absolute Gasteiger partial charge is 0.388 e. The summed E-state index contributed by atoms with van der Waals surface area (Å²) in [5.74, 6) is 0.731. The molecular weight excluding hydrogens is 148 g/mol. The molecule has 1 fully saturated rings. The molecule has 0 aromatic heterocycles. The molecule has 0 bridgehead atoms. The Kier molecular flexibility index (Phi) is 3.12. The summed E-state index contributed by atoms with van der Waals surface area (Å²) >= 11 is 0. The van der Waals surface area contributed by atoms with E-state index in [0.717, 1.165) is 12.4 Å². The van der Waals surface area contributed by atoms with Crippen molar-refractivity contribution in [3.8, 4) is 0 Å². The number of aliphatic imine (C=N–C) groups is 1. The first-order valence-electron chi connectivity index (χ1n) is 4.95. The predicted molar refractivity (Wildman–Crippen MR) is 53.4 cm³/mol. The van der Waals surface area contributed by atoms with Gasteiger partial charge in [0.1, 0.15) is 0 Å². The SMILES string of the molecule is CCC1(CN=C(C)N)CCCC1. The maximum atomic E-state index is 5.53. The van der Waals surface area contributed by atoms with E-state index >= 15 is 0 Å². The lowest BCUT2D eigenvalue weighted by molar-refractivity contribution is 0.297. The van der Waals surface area contributed by atoms with Gasteiger partial charge in [-0.2, -0.15) is 0 Å². The van der Waals surface area contributed by atoms with Crippen LogP contribution in [0.2, 0.25) is 0 Å². The minimum Gasteiger partial charge on any atom is -0.388 e. The van der Waals surface area contributed by atoms with Crippen LogP contribution in [-0.2, 0) is 0 Å². The van der Waals surface area contributed by atoms with Crippen LogP contribution in [0.3, 0.4) is 0 Å². The van der Waals surface area contributed by atoms with Crippen molar-refractivity contribution in [3.63, 3.8) is 0 Å². The zero-order valence-electron chi connectivity index (χ0n) is 8.27. The molecule has 0 aromatic carbocycles. The Morgan fingerprint density at radius 2 is 2.00 bits per heavy atom. The first-order chi connectivity index (χ1) is 5.68. The van der Waals surface area contributed by atoms with Crippen LogP contribution in [0, 0.1) is 5.41 Å². The van der Waals surface area contributed by atoms with Crippen LogP contribution in [0.25, 0.3) is 0 Å². The molecular formula is C10H20N2. The average molecular weight is 168 g/mol. The highest BCUT2D eigenvalue weighted by Crippen LogP contribution is 2.40. The smallest absolute Gasteiger partial charge is 0.0905 e. The van der Waals surface area contributed by atoms with E-state index < -0.39 is 0 Å². The summed E-state index contributed by atoms with van der Waals surface area (Å²) in [5.41, 5.74) is 6.03. The fourth-order valence-corrected chi connectivity index (χ4v) is 2.04. The second kappa shape index (κ2) is 3.92. The third-order valence-corrected chi connectivity index (χ3v) is 3.08. The van der Waals surface area contributed by atoms with E-state index in [0.29, 0.717) is 5.41 Å². The van der Waals surface area contributed by atoms with Crippen LogP contribution < -0.4 is 5.73 Å². The number of nitrogens with zero attached hydrogens (tertiary/aromatic N) is 1. The van der Waals surface area contributed by atoms with Crippen LogP contribution in [-0.4, -0.2) is 12.4 Å². The molecule has 0 heterocycles. The number of amidine groups is 1. The summed E-state index contributed by atoms with van der Waals surface area (Å²) in [4.78, 5) is 4.34. The van der Waals surface area contributed by atoms with Crippen molar-refractivity contribution in [2.24, 2.45) is 16.1 Å². The Morgan fingerprint density at radius 3 is 2.42 bits per heavy atom. The molecule has 0 atom stereocenters. The van der Waals surface area contributed by atoms with Crippen molar-refractivity contribution in [1.29, 1.82) is 0 Å². The molecule has 0 aromatic rings. The van der Waals surface area contributed by atoms with Gasteiger partial charge in [0, 0.05) is 6.54 Å². The quantitative estimate of drug-likeness (QED) is 0.510. The van der Waals surface area contributed by atoms with Crippen molar-refractivity contribution in [1.82, 2.24) is 0 Å². The number of hydrogen-bond acceptors (Lipinski definition) is 1. The van der Waals surface area contributed by atoms with E-state index in [1.807, 2.05) is 6.92 Å². The van der Waals surface area contributed by atoms with Crippen molar-refractivity contribution >= 4 is 5.84 Å². The minimum absolute atomic E-state index is 0.501. The Labute approximate surface area is 75.3 Å². The maximum absolute atomic E-state index is 5.53. The standard InChI is InChI=1S/C10H20N2/c1-3-10(6-4-5-7-10)8-12-9(2)11/h3-8H2,1-2H3,(H2,11,12). The zero-order valence-corrected chi connectivity index (χ0v) is 8.27. The number of nitrogens with two attached hydrogens (primary N) is 1. The van der Waals surface area contributed by atoms with Gasteiger partial charge in [-0.05, 0) is 31.6 Å². The lowest BCUT2D eigenvalue weighted by atomic mass is 9.83. The molecule has 2 heteroatoms. The van der Waals surface area contributed by atoms with Crippen LogP contribution >= 0.6 is 0 Å². The van der Waals surface area contributed by atoms with Gasteiger partial charge < -0.3 is 5.73 Å². The summed E-state index contributed by atoms with van der Waals surface area (Å²) in [6.45, 7) is 5.09. The van der Waals surface area contributed by atoms with Gasteiger partial charge in [0.05, 0.1) is 5.84 Å². The van der Waals surface area contributed by atoms with E-state index in [4.69, 9.17) is 5.73 Å². The van der Waals surface area contributed by atoms with Gasteiger partial charge in [-0.15, -0.1) is 0 Å². The van der Waals surface area contributed by atoms with Gasteiger partial charge in [-0.3, -0.25) is 4.99 Å². The molecule has 1 rings (SSSR count). The van der Waals surface area contributed by atoms with E-state index in [2.05, 4.69) is 11.9 Å². The maximum Gasteiger partial charge on any atom is 0.0905 e. The van der Waals surface area contributed by atoms with Crippen LogP contribution in [0.4, 0.5) is 0 Å². The number of rotatable bonds is 3. The molecule has 1 aliphatic carbocycles. The van der Waals surface area contributed by atoms with E-state index in [9.17, 15) is 0 Å². The minimum atomic E-state index is 0.501. The molecule has 1 aliphatic rings. The van der Waals surface area contributed by atoms with E-state index in [-0.39, 0.29) is 0 Å². The predicted octanol–water partition coefficient (Wildman–Crippen LogP) is 2.33. The summed E-state index contributed by atoms with van der Waals surface area (Å²) in [7, 11) is 0.